The molecule has 7 heteroatoms. The quantitative estimate of drug-likeness (QED) is 0.660. The van der Waals surface area contributed by atoms with Crippen molar-refractivity contribution >= 4 is 22.7 Å². The van der Waals surface area contributed by atoms with Crippen LogP contribution in [0.2, 0.25) is 0 Å². The molecule has 27 heavy (non-hydrogen) atoms. The lowest BCUT2D eigenvalue weighted by molar-refractivity contribution is -0.129. The van der Waals surface area contributed by atoms with E-state index < -0.39 is 0 Å². The van der Waals surface area contributed by atoms with E-state index in [1.54, 1.807) is 11.0 Å². The molecule has 1 aromatic carbocycles. The molecule has 1 aromatic heterocycles. The van der Waals surface area contributed by atoms with Crippen molar-refractivity contribution in [3.63, 3.8) is 0 Å². The van der Waals surface area contributed by atoms with Crippen LogP contribution in [0.5, 0.6) is 0 Å². The van der Waals surface area contributed by atoms with Crippen LogP contribution in [-0.4, -0.2) is 54.5 Å². The number of amides is 2. The van der Waals surface area contributed by atoms with Crippen molar-refractivity contribution in [3.05, 3.63) is 35.8 Å². The number of ether oxygens (including phenoxy) is 1. The Bertz CT molecular complexity index is 805. The van der Waals surface area contributed by atoms with E-state index in [2.05, 4.69) is 10.3 Å². The molecule has 1 aliphatic rings. The second-order valence-corrected chi connectivity index (χ2v) is 6.84. The SMILES string of the molecule is CCOCCCNC(=O)[C@H]1CC(=O)N(CCc2c[nH]c3ccc(F)cc23)C1. The fourth-order valence-corrected chi connectivity index (χ4v) is 3.45. The minimum absolute atomic E-state index is 0.00418. The van der Waals surface area contributed by atoms with E-state index in [1.165, 1.54) is 12.1 Å². The van der Waals surface area contributed by atoms with Crippen LogP contribution in [0, 0.1) is 11.7 Å². The van der Waals surface area contributed by atoms with E-state index in [1.807, 2.05) is 13.1 Å². The van der Waals surface area contributed by atoms with Crippen molar-refractivity contribution < 1.29 is 18.7 Å². The van der Waals surface area contributed by atoms with Gasteiger partial charge in [0.2, 0.25) is 11.8 Å². The number of halogens is 1. The summed E-state index contributed by atoms with van der Waals surface area (Å²) in [5.41, 5.74) is 1.85. The number of nitrogens with zero attached hydrogens (tertiary/aromatic N) is 1. The number of rotatable bonds is 9. The number of nitrogens with one attached hydrogen (secondary N) is 2. The highest BCUT2D eigenvalue weighted by atomic mass is 19.1. The van der Waals surface area contributed by atoms with Gasteiger partial charge in [-0.1, -0.05) is 0 Å². The number of carbonyl (C=O) groups excluding carboxylic acids is 2. The number of benzene rings is 1. The molecular weight excluding hydrogens is 349 g/mol. The van der Waals surface area contributed by atoms with Crippen molar-refractivity contribution in [3.8, 4) is 0 Å². The number of fused-ring (bicyclic) bond motifs is 1. The highest BCUT2D eigenvalue weighted by Crippen LogP contribution is 2.22. The van der Waals surface area contributed by atoms with E-state index in [4.69, 9.17) is 4.74 Å². The van der Waals surface area contributed by atoms with Gasteiger partial charge in [-0.3, -0.25) is 9.59 Å². The Kier molecular flexibility index (Phi) is 6.45. The summed E-state index contributed by atoms with van der Waals surface area (Å²) in [5, 5.41) is 3.72. The van der Waals surface area contributed by atoms with Crippen LogP contribution in [0.25, 0.3) is 10.9 Å². The van der Waals surface area contributed by atoms with Crippen LogP contribution in [0.15, 0.2) is 24.4 Å². The van der Waals surface area contributed by atoms with Crippen molar-refractivity contribution in [2.24, 2.45) is 5.92 Å². The molecule has 2 N–H and O–H groups in total. The molecule has 6 nitrogen and oxygen atoms in total. The predicted molar refractivity (Wildman–Crippen MR) is 101 cm³/mol. The number of hydrogen-bond donors (Lipinski definition) is 2. The van der Waals surface area contributed by atoms with E-state index in [0.29, 0.717) is 39.3 Å². The summed E-state index contributed by atoms with van der Waals surface area (Å²) in [6.07, 6.45) is 3.49. The van der Waals surface area contributed by atoms with Gasteiger partial charge in [0.1, 0.15) is 5.82 Å². The molecule has 2 heterocycles. The van der Waals surface area contributed by atoms with Crippen molar-refractivity contribution in [1.29, 1.82) is 0 Å². The van der Waals surface area contributed by atoms with Gasteiger partial charge in [0.15, 0.2) is 0 Å². The number of aromatic nitrogens is 1. The Hall–Kier alpha value is -2.41. The molecular formula is C20H26FN3O3. The molecule has 0 saturated carbocycles. The van der Waals surface area contributed by atoms with E-state index in [9.17, 15) is 14.0 Å². The van der Waals surface area contributed by atoms with Gasteiger partial charge in [-0.25, -0.2) is 4.39 Å². The summed E-state index contributed by atoms with van der Waals surface area (Å²) < 4.78 is 18.7. The Labute approximate surface area is 158 Å². The molecule has 1 saturated heterocycles. The summed E-state index contributed by atoms with van der Waals surface area (Å²) >= 11 is 0. The van der Waals surface area contributed by atoms with Crippen LogP contribution in [-0.2, 0) is 20.7 Å². The van der Waals surface area contributed by atoms with Gasteiger partial charge in [0.05, 0.1) is 5.92 Å². The fourth-order valence-electron chi connectivity index (χ4n) is 3.45. The maximum absolute atomic E-state index is 13.5. The molecule has 2 aromatic rings. The largest absolute Gasteiger partial charge is 0.382 e. The molecule has 2 amide bonds. The standard InChI is InChI=1S/C20H26FN3O3/c1-2-27-9-3-7-22-20(26)15-10-19(25)24(13-15)8-6-14-12-23-18-5-4-16(21)11-17(14)18/h4-5,11-12,15,23H,2-3,6-10,13H2,1H3,(H,22,26)/t15-/m0/s1. The second-order valence-electron chi connectivity index (χ2n) is 6.84. The summed E-state index contributed by atoms with van der Waals surface area (Å²) in [6, 6.07) is 4.64. The second kappa shape index (κ2) is 8.99. The van der Waals surface area contributed by atoms with Gasteiger partial charge >= 0.3 is 0 Å². The van der Waals surface area contributed by atoms with Gasteiger partial charge in [0.25, 0.3) is 0 Å². The highest BCUT2D eigenvalue weighted by molar-refractivity contribution is 5.89. The zero-order valence-electron chi connectivity index (χ0n) is 15.6. The third-order valence-electron chi connectivity index (χ3n) is 4.93. The van der Waals surface area contributed by atoms with Gasteiger partial charge in [0, 0.05) is 56.4 Å². The molecule has 0 bridgehead atoms. The number of aromatic amines is 1. The topological polar surface area (TPSA) is 74.4 Å². The Morgan fingerprint density at radius 2 is 2.30 bits per heavy atom. The summed E-state index contributed by atoms with van der Waals surface area (Å²) in [5.74, 6) is -0.654. The molecule has 0 aliphatic carbocycles. The number of carbonyl (C=O) groups is 2. The summed E-state index contributed by atoms with van der Waals surface area (Å²) in [6.45, 7) is 4.75. The number of H-pyrrole nitrogens is 1. The molecule has 1 atom stereocenters. The lowest BCUT2D eigenvalue weighted by Gasteiger charge is -2.16. The first-order valence-electron chi connectivity index (χ1n) is 9.47. The molecule has 1 aliphatic heterocycles. The minimum Gasteiger partial charge on any atom is -0.382 e. The first-order chi connectivity index (χ1) is 13.1. The van der Waals surface area contributed by atoms with Crippen LogP contribution < -0.4 is 5.32 Å². The van der Waals surface area contributed by atoms with Gasteiger partial charge in [-0.2, -0.15) is 0 Å². The molecule has 0 unspecified atom stereocenters. The molecule has 1 fully saturated rings. The number of hydrogen-bond acceptors (Lipinski definition) is 3. The van der Waals surface area contributed by atoms with E-state index in [-0.39, 0.29) is 30.0 Å². The van der Waals surface area contributed by atoms with Crippen LogP contribution in [0.3, 0.4) is 0 Å². The van der Waals surface area contributed by atoms with Crippen molar-refractivity contribution in [2.45, 2.75) is 26.2 Å². The Morgan fingerprint density at radius 1 is 1.44 bits per heavy atom. The first-order valence-corrected chi connectivity index (χ1v) is 9.47. The molecule has 0 radical (unpaired) electrons. The summed E-state index contributed by atoms with van der Waals surface area (Å²) in [4.78, 5) is 29.3. The Balaban J connectivity index is 1.49. The maximum Gasteiger partial charge on any atom is 0.225 e. The van der Waals surface area contributed by atoms with Gasteiger partial charge < -0.3 is 19.9 Å². The molecule has 146 valence electrons. The van der Waals surface area contributed by atoms with E-state index >= 15 is 0 Å². The Morgan fingerprint density at radius 3 is 3.11 bits per heavy atom. The van der Waals surface area contributed by atoms with Crippen LogP contribution >= 0.6 is 0 Å². The van der Waals surface area contributed by atoms with Crippen molar-refractivity contribution in [2.75, 3.05) is 32.8 Å². The molecule has 0 spiro atoms. The zero-order chi connectivity index (χ0) is 19.2. The smallest absolute Gasteiger partial charge is 0.225 e. The lowest BCUT2D eigenvalue weighted by Crippen LogP contribution is -2.34. The van der Waals surface area contributed by atoms with E-state index in [0.717, 1.165) is 22.9 Å². The summed E-state index contributed by atoms with van der Waals surface area (Å²) in [7, 11) is 0. The highest BCUT2D eigenvalue weighted by Gasteiger charge is 2.33. The first kappa shape index (κ1) is 19.4. The normalized spacial score (nSPS) is 17.0. The van der Waals surface area contributed by atoms with Gasteiger partial charge in [-0.05, 0) is 43.5 Å². The van der Waals surface area contributed by atoms with Gasteiger partial charge in [-0.15, -0.1) is 0 Å². The maximum atomic E-state index is 13.5. The van der Waals surface area contributed by atoms with Crippen LogP contribution in [0.1, 0.15) is 25.3 Å². The third-order valence-corrected chi connectivity index (χ3v) is 4.93. The monoisotopic (exact) mass is 375 g/mol. The van der Waals surface area contributed by atoms with Crippen LogP contribution in [0.4, 0.5) is 4.39 Å². The lowest BCUT2D eigenvalue weighted by atomic mass is 10.1. The minimum atomic E-state index is -0.301. The third kappa shape index (κ3) is 4.86. The fraction of sp³-hybridized carbons (Fsp3) is 0.500. The molecule has 3 rings (SSSR count). The number of likely N-dealkylation sites (tertiary alicyclic amines) is 1. The average Bonchev–Trinajstić information content (AvgIpc) is 3.22. The zero-order valence-corrected chi connectivity index (χ0v) is 15.6. The predicted octanol–water partition coefficient (Wildman–Crippen LogP) is 2.24. The average molecular weight is 375 g/mol. The van der Waals surface area contributed by atoms with Crippen molar-refractivity contribution in [1.82, 2.24) is 15.2 Å².